The Labute approximate surface area is 159 Å². The van der Waals surface area contributed by atoms with Crippen LogP contribution in [0.4, 0.5) is 11.5 Å². The Morgan fingerprint density at radius 2 is 2.04 bits per heavy atom. The molecule has 1 aromatic heterocycles. The lowest BCUT2D eigenvalue weighted by Crippen LogP contribution is -2.41. The molecule has 0 bridgehead atoms. The van der Waals surface area contributed by atoms with Gasteiger partial charge in [0.05, 0.1) is 31.1 Å². The number of hydrogen-bond acceptors (Lipinski definition) is 6. The number of hydrogen-bond donors (Lipinski definition) is 2. The van der Waals surface area contributed by atoms with Gasteiger partial charge in [0.15, 0.2) is 0 Å². The SMILES string of the molecule is CCOc1ccccc1Nc1ccc(C(=O)NCCN2CCOCC2)cn1. The normalized spacial score (nSPS) is 14.6. The number of nitrogens with zero attached hydrogens (tertiary/aromatic N) is 2. The van der Waals surface area contributed by atoms with Crippen LogP contribution < -0.4 is 15.4 Å². The molecule has 1 fully saturated rings. The predicted molar refractivity (Wildman–Crippen MR) is 105 cm³/mol. The van der Waals surface area contributed by atoms with E-state index in [0.29, 0.717) is 24.5 Å². The second-order valence-electron chi connectivity index (χ2n) is 6.20. The van der Waals surface area contributed by atoms with Crippen LogP contribution in [0.15, 0.2) is 42.6 Å². The number of benzene rings is 1. The van der Waals surface area contributed by atoms with E-state index >= 15 is 0 Å². The molecule has 1 saturated heterocycles. The lowest BCUT2D eigenvalue weighted by molar-refractivity contribution is 0.0383. The number of nitrogens with one attached hydrogen (secondary N) is 2. The summed E-state index contributed by atoms with van der Waals surface area (Å²) in [6.45, 7) is 7.34. The van der Waals surface area contributed by atoms with Gasteiger partial charge >= 0.3 is 0 Å². The maximum Gasteiger partial charge on any atom is 0.252 e. The van der Waals surface area contributed by atoms with Crippen molar-refractivity contribution in [3.05, 3.63) is 48.2 Å². The van der Waals surface area contributed by atoms with E-state index in [1.807, 2.05) is 31.2 Å². The largest absolute Gasteiger partial charge is 0.492 e. The monoisotopic (exact) mass is 370 g/mol. The molecule has 1 amide bonds. The van der Waals surface area contributed by atoms with Gasteiger partial charge in [0, 0.05) is 32.4 Å². The Kier molecular flexibility index (Phi) is 7.01. The van der Waals surface area contributed by atoms with Gasteiger partial charge in [-0.25, -0.2) is 4.98 Å². The number of para-hydroxylation sites is 2. The van der Waals surface area contributed by atoms with Crippen molar-refractivity contribution in [2.45, 2.75) is 6.92 Å². The minimum absolute atomic E-state index is 0.114. The van der Waals surface area contributed by atoms with Crippen molar-refractivity contribution in [3.8, 4) is 5.75 Å². The molecule has 2 heterocycles. The van der Waals surface area contributed by atoms with Gasteiger partial charge in [0.25, 0.3) is 5.91 Å². The highest BCUT2D eigenvalue weighted by Crippen LogP contribution is 2.26. The fourth-order valence-corrected chi connectivity index (χ4v) is 2.85. The van der Waals surface area contributed by atoms with Crippen molar-refractivity contribution >= 4 is 17.4 Å². The number of anilines is 2. The van der Waals surface area contributed by atoms with E-state index in [1.54, 1.807) is 18.3 Å². The smallest absolute Gasteiger partial charge is 0.252 e. The van der Waals surface area contributed by atoms with Crippen LogP contribution in [0.3, 0.4) is 0 Å². The van der Waals surface area contributed by atoms with Crippen molar-refractivity contribution in [2.75, 3.05) is 51.3 Å². The summed E-state index contributed by atoms with van der Waals surface area (Å²) in [5, 5.41) is 6.16. The molecule has 0 saturated carbocycles. The molecule has 1 aliphatic rings. The number of rotatable bonds is 8. The quantitative estimate of drug-likeness (QED) is 0.743. The molecule has 0 radical (unpaired) electrons. The summed E-state index contributed by atoms with van der Waals surface area (Å²) in [6.07, 6.45) is 1.58. The summed E-state index contributed by atoms with van der Waals surface area (Å²) in [6, 6.07) is 11.2. The molecule has 27 heavy (non-hydrogen) atoms. The zero-order valence-corrected chi connectivity index (χ0v) is 15.6. The van der Waals surface area contributed by atoms with E-state index in [0.717, 1.165) is 44.3 Å². The van der Waals surface area contributed by atoms with Gasteiger partial charge in [-0.1, -0.05) is 12.1 Å². The number of pyridine rings is 1. The fourth-order valence-electron chi connectivity index (χ4n) is 2.85. The topological polar surface area (TPSA) is 75.7 Å². The molecule has 2 N–H and O–H groups in total. The standard InChI is InChI=1S/C20H26N4O3/c1-2-27-18-6-4-3-5-17(18)23-19-8-7-16(15-22-19)20(25)21-9-10-24-11-13-26-14-12-24/h3-8,15H,2,9-14H2,1H3,(H,21,25)(H,22,23). The van der Waals surface area contributed by atoms with Gasteiger partial charge in [0.2, 0.25) is 0 Å². The molecule has 0 atom stereocenters. The number of morpholine rings is 1. The van der Waals surface area contributed by atoms with Crippen molar-refractivity contribution in [3.63, 3.8) is 0 Å². The zero-order chi connectivity index (χ0) is 18.9. The van der Waals surface area contributed by atoms with Crippen LogP contribution in [-0.2, 0) is 4.74 Å². The van der Waals surface area contributed by atoms with Crippen LogP contribution in [-0.4, -0.2) is 61.8 Å². The summed E-state index contributed by atoms with van der Waals surface area (Å²) in [4.78, 5) is 18.9. The van der Waals surface area contributed by atoms with Crippen molar-refractivity contribution in [1.82, 2.24) is 15.2 Å². The number of aromatic nitrogens is 1. The lowest BCUT2D eigenvalue weighted by atomic mass is 10.2. The molecule has 7 nitrogen and oxygen atoms in total. The van der Waals surface area contributed by atoms with E-state index in [1.165, 1.54) is 0 Å². The summed E-state index contributed by atoms with van der Waals surface area (Å²) in [5.74, 6) is 1.32. The molecule has 2 aromatic rings. The highest BCUT2D eigenvalue weighted by molar-refractivity contribution is 5.94. The van der Waals surface area contributed by atoms with E-state index in [2.05, 4.69) is 20.5 Å². The van der Waals surface area contributed by atoms with Crippen LogP contribution >= 0.6 is 0 Å². The van der Waals surface area contributed by atoms with Gasteiger partial charge in [-0.15, -0.1) is 0 Å². The molecule has 3 rings (SSSR count). The first-order valence-electron chi connectivity index (χ1n) is 9.29. The number of carbonyl (C=O) groups excluding carboxylic acids is 1. The molecule has 7 heteroatoms. The highest BCUT2D eigenvalue weighted by atomic mass is 16.5. The fraction of sp³-hybridized carbons (Fsp3) is 0.400. The van der Waals surface area contributed by atoms with Crippen LogP contribution in [0.5, 0.6) is 5.75 Å². The minimum Gasteiger partial charge on any atom is -0.492 e. The second kappa shape index (κ2) is 9.89. The maximum atomic E-state index is 12.3. The Morgan fingerprint density at radius 3 is 2.78 bits per heavy atom. The third-order valence-electron chi connectivity index (χ3n) is 4.29. The van der Waals surface area contributed by atoms with Crippen LogP contribution in [0.2, 0.25) is 0 Å². The zero-order valence-electron chi connectivity index (χ0n) is 15.6. The molecule has 144 valence electrons. The minimum atomic E-state index is -0.114. The van der Waals surface area contributed by atoms with Crippen LogP contribution in [0, 0.1) is 0 Å². The first-order chi connectivity index (χ1) is 13.3. The molecule has 0 unspecified atom stereocenters. The molecular weight excluding hydrogens is 344 g/mol. The maximum absolute atomic E-state index is 12.3. The van der Waals surface area contributed by atoms with Crippen molar-refractivity contribution < 1.29 is 14.3 Å². The third-order valence-corrected chi connectivity index (χ3v) is 4.29. The second-order valence-corrected chi connectivity index (χ2v) is 6.20. The molecule has 0 aliphatic carbocycles. The first-order valence-corrected chi connectivity index (χ1v) is 9.29. The predicted octanol–water partition coefficient (Wildman–Crippen LogP) is 2.29. The third kappa shape index (κ3) is 5.67. The van der Waals surface area contributed by atoms with Crippen LogP contribution in [0.25, 0.3) is 0 Å². The Hall–Kier alpha value is -2.64. The summed E-state index contributed by atoms with van der Waals surface area (Å²) >= 11 is 0. The van der Waals surface area contributed by atoms with E-state index in [9.17, 15) is 4.79 Å². The Balaban J connectivity index is 1.51. The average Bonchev–Trinajstić information content (AvgIpc) is 2.71. The summed E-state index contributed by atoms with van der Waals surface area (Å²) in [7, 11) is 0. The number of ether oxygens (including phenoxy) is 2. The Morgan fingerprint density at radius 1 is 1.22 bits per heavy atom. The molecule has 1 aliphatic heterocycles. The number of amides is 1. The average molecular weight is 370 g/mol. The van der Waals surface area contributed by atoms with E-state index in [-0.39, 0.29) is 5.91 Å². The van der Waals surface area contributed by atoms with Gasteiger partial charge in [-0.3, -0.25) is 9.69 Å². The van der Waals surface area contributed by atoms with Gasteiger partial charge in [0.1, 0.15) is 11.6 Å². The number of carbonyl (C=O) groups is 1. The van der Waals surface area contributed by atoms with E-state index in [4.69, 9.17) is 9.47 Å². The lowest BCUT2D eigenvalue weighted by Gasteiger charge is -2.26. The molecular formula is C20H26N4O3. The van der Waals surface area contributed by atoms with Gasteiger partial charge < -0.3 is 20.1 Å². The summed E-state index contributed by atoms with van der Waals surface area (Å²) in [5.41, 5.74) is 1.38. The molecule has 0 spiro atoms. The van der Waals surface area contributed by atoms with E-state index < -0.39 is 0 Å². The molecule has 1 aromatic carbocycles. The van der Waals surface area contributed by atoms with Gasteiger partial charge in [-0.2, -0.15) is 0 Å². The highest BCUT2D eigenvalue weighted by Gasteiger charge is 2.11. The Bertz CT molecular complexity index is 730. The van der Waals surface area contributed by atoms with Crippen LogP contribution in [0.1, 0.15) is 17.3 Å². The van der Waals surface area contributed by atoms with Gasteiger partial charge in [-0.05, 0) is 31.2 Å². The first kappa shape index (κ1) is 19.1. The van der Waals surface area contributed by atoms with Crippen molar-refractivity contribution in [1.29, 1.82) is 0 Å². The summed E-state index contributed by atoms with van der Waals surface area (Å²) < 4.78 is 10.9. The van der Waals surface area contributed by atoms with Crippen molar-refractivity contribution in [2.24, 2.45) is 0 Å².